The Morgan fingerprint density at radius 2 is 1.85 bits per heavy atom. The van der Waals surface area contributed by atoms with Crippen LogP contribution >= 0.6 is 0 Å². The van der Waals surface area contributed by atoms with Gasteiger partial charge in [-0.3, -0.25) is 4.79 Å². The molecule has 0 heterocycles. The van der Waals surface area contributed by atoms with Crippen LogP contribution in [0.25, 0.3) is 0 Å². The SMILES string of the molecule is COc1cccc(C(=O)C2(O[Si](C)(C)C)CCCC2)c1. The highest BCUT2D eigenvalue weighted by atomic mass is 28.4. The molecule has 0 radical (unpaired) electrons. The van der Waals surface area contributed by atoms with Crippen LogP contribution in [0.1, 0.15) is 36.0 Å². The normalized spacial score (nSPS) is 18.0. The van der Waals surface area contributed by atoms with Gasteiger partial charge in [-0.1, -0.05) is 25.0 Å². The smallest absolute Gasteiger partial charge is 0.193 e. The van der Waals surface area contributed by atoms with Gasteiger partial charge in [-0.2, -0.15) is 0 Å². The molecule has 1 aromatic carbocycles. The molecule has 1 aliphatic carbocycles. The lowest BCUT2D eigenvalue weighted by molar-refractivity contribution is 0.0440. The van der Waals surface area contributed by atoms with Crippen molar-refractivity contribution < 1.29 is 14.0 Å². The average Bonchev–Trinajstić information content (AvgIpc) is 2.85. The van der Waals surface area contributed by atoms with E-state index < -0.39 is 13.9 Å². The minimum atomic E-state index is -1.76. The molecule has 1 fully saturated rings. The summed E-state index contributed by atoms with van der Waals surface area (Å²) in [6.45, 7) is 6.43. The van der Waals surface area contributed by atoms with Crippen LogP contribution in [0, 0.1) is 0 Å². The summed E-state index contributed by atoms with van der Waals surface area (Å²) < 4.78 is 11.5. The molecule has 4 heteroatoms. The van der Waals surface area contributed by atoms with E-state index in [-0.39, 0.29) is 5.78 Å². The number of methoxy groups -OCH3 is 1. The van der Waals surface area contributed by atoms with Crippen LogP contribution in [-0.4, -0.2) is 26.8 Å². The fourth-order valence-corrected chi connectivity index (χ4v) is 4.40. The fourth-order valence-electron chi connectivity index (χ4n) is 2.94. The van der Waals surface area contributed by atoms with E-state index in [1.165, 1.54) is 0 Å². The fraction of sp³-hybridized carbons (Fsp3) is 0.562. The van der Waals surface area contributed by atoms with Crippen molar-refractivity contribution in [2.75, 3.05) is 7.11 Å². The van der Waals surface area contributed by atoms with Crippen LogP contribution in [0.4, 0.5) is 0 Å². The first-order valence-corrected chi connectivity index (χ1v) is 10.7. The molecule has 0 spiro atoms. The number of Topliss-reactive ketones (excluding diaryl/α,β-unsaturated/α-hetero) is 1. The second kappa shape index (κ2) is 5.70. The first-order valence-electron chi connectivity index (χ1n) is 7.25. The Kier molecular flexibility index (Phi) is 4.35. The maximum atomic E-state index is 13.0. The molecular weight excluding hydrogens is 268 g/mol. The highest BCUT2D eigenvalue weighted by molar-refractivity contribution is 6.70. The zero-order chi connectivity index (χ0) is 14.8. The highest BCUT2D eigenvalue weighted by Gasteiger charge is 2.45. The first kappa shape index (κ1) is 15.3. The number of benzene rings is 1. The number of ketones is 1. The summed E-state index contributed by atoms with van der Waals surface area (Å²) in [5.74, 6) is 0.841. The Labute approximate surface area is 122 Å². The molecule has 0 aliphatic heterocycles. The van der Waals surface area contributed by atoms with Gasteiger partial charge in [-0.15, -0.1) is 0 Å². The van der Waals surface area contributed by atoms with Crippen LogP contribution in [0.5, 0.6) is 5.75 Å². The number of hydrogen-bond acceptors (Lipinski definition) is 3. The van der Waals surface area contributed by atoms with Crippen molar-refractivity contribution in [2.24, 2.45) is 0 Å². The highest BCUT2D eigenvalue weighted by Crippen LogP contribution is 2.38. The van der Waals surface area contributed by atoms with Crippen LogP contribution < -0.4 is 4.74 Å². The Morgan fingerprint density at radius 3 is 2.40 bits per heavy atom. The Balaban J connectivity index is 2.31. The standard InChI is InChI=1S/C16H24O3Si/c1-18-14-9-7-8-13(12-14)15(17)16(10-5-6-11-16)19-20(2,3)4/h7-9,12H,5-6,10-11H2,1-4H3. The van der Waals surface area contributed by atoms with E-state index >= 15 is 0 Å². The number of carbonyl (C=O) groups excluding carboxylic acids is 1. The molecule has 0 bridgehead atoms. The van der Waals surface area contributed by atoms with Crippen molar-refractivity contribution >= 4 is 14.1 Å². The minimum absolute atomic E-state index is 0.122. The molecule has 110 valence electrons. The summed E-state index contributed by atoms with van der Waals surface area (Å²) in [4.78, 5) is 13.0. The molecule has 20 heavy (non-hydrogen) atoms. The van der Waals surface area contributed by atoms with Gasteiger partial charge in [0.1, 0.15) is 11.4 Å². The van der Waals surface area contributed by atoms with Gasteiger partial charge in [0.2, 0.25) is 0 Å². The molecule has 0 aromatic heterocycles. The van der Waals surface area contributed by atoms with Crippen molar-refractivity contribution in [1.82, 2.24) is 0 Å². The lowest BCUT2D eigenvalue weighted by Gasteiger charge is -2.35. The van der Waals surface area contributed by atoms with Crippen LogP contribution in [0.15, 0.2) is 24.3 Å². The van der Waals surface area contributed by atoms with Crippen molar-refractivity contribution in [3.05, 3.63) is 29.8 Å². The zero-order valence-electron chi connectivity index (χ0n) is 12.9. The van der Waals surface area contributed by atoms with E-state index in [4.69, 9.17) is 9.16 Å². The molecule has 0 N–H and O–H groups in total. The molecule has 0 unspecified atom stereocenters. The van der Waals surface area contributed by atoms with Crippen molar-refractivity contribution in [1.29, 1.82) is 0 Å². The van der Waals surface area contributed by atoms with E-state index in [1.54, 1.807) is 7.11 Å². The Morgan fingerprint density at radius 1 is 1.20 bits per heavy atom. The van der Waals surface area contributed by atoms with Gasteiger partial charge in [0.25, 0.3) is 0 Å². The van der Waals surface area contributed by atoms with E-state index in [1.807, 2.05) is 24.3 Å². The van der Waals surface area contributed by atoms with E-state index in [2.05, 4.69) is 19.6 Å². The predicted molar refractivity (Wildman–Crippen MR) is 83.0 cm³/mol. The van der Waals surface area contributed by atoms with E-state index in [0.29, 0.717) is 5.56 Å². The molecule has 1 aromatic rings. The first-order chi connectivity index (χ1) is 9.36. The van der Waals surface area contributed by atoms with Crippen molar-refractivity contribution in [3.63, 3.8) is 0 Å². The third kappa shape index (κ3) is 3.30. The monoisotopic (exact) mass is 292 g/mol. The average molecular weight is 292 g/mol. The number of rotatable bonds is 5. The second-order valence-electron chi connectivity index (χ2n) is 6.48. The van der Waals surface area contributed by atoms with Crippen LogP contribution in [0.3, 0.4) is 0 Å². The van der Waals surface area contributed by atoms with Crippen LogP contribution in [-0.2, 0) is 4.43 Å². The quantitative estimate of drug-likeness (QED) is 0.607. The number of carbonyl (C=O) groups is 1. The van der Waals surface area contributed by atoms with E-state index in [9.17, 15) is 4.79 Å². The maximum absolute atomic E-state index is 13.0. The summed E-state index contributed by atoms with van der Waals surface area (Å²) in [6.07, 6.45) is 3.82. The van der Waals surface area contributed by atoms with Gasteiger partial charge in [-0.25, -0.2) is 0 Å². The summed E-state index contributed by atoms with van der Waals surface area (Å²) in [7, 11) is -0.146. The molecular formula is C16H24O3Si. The molecule has 1 saturated carbocycles. The topological polar surface area (TPSA) is 35.5 Å². The molecule has 0 amide bonds. The summed E-state index contributed by atoms with van der Waals surface area (Å²) >= 11 is 0. The van der Waals surface area contributed by atoms with Gasteiger partial charge in [0.05, 0.1) is 7.11 Å². The molecule has 0 saturated heterocycles. The largest absolute Gasteiger partial charge is 0.497 e. The number of ether oxygens (including phenoxy) is 1. The maximum Gasteiger partial charge on any atom is 0.193 e. The van der Waals surface area contributed by atoms with Gasteiger partial charge >= 0.3 is 0 Å². The van der Waals surface area contributed by atoms with Crippen LogP contribution in [0.2, 0.25) is 19.6 Å². The third-order valence-electron chi connectivity index (χ3n) is 3.66. The second-order valence-corrected chi connectivity index (χ2v) is 10.9. The Hall–Kier alpha value is -1.13. The van der Waals surface area contributed by atoms with Gasteiger partial charge < -0.3 is 9.16 Å². The molecule has 3 nitrogen and oxygen atoms in total. The predicted octanol–water partition coefficient (Wildman–Crippen LogP) is 4.04. The summed E-state index contributed by atoms with van der Waals surface area (Å²) in [5.41, 5.74) is 0.0983. The summed E-state index contributed by atoms with van der Waals surface area (Å²) in [5, 5.41) is 0. The molecule has 1 aliphatic rings. The third-order valence-corrected chi connectivity index (χ3v) is 4.66. The lowest BCUT2D eigenvalue weighted by atomic mass is 9.91. The van der Waals surface area contributed by atoms with Gasteiger partial charge in [-0.05, 0) is 44.6 Å². The minimum Gasteiger partial charge on any atom is -0.497 e. The van der Waals surface area contributed by atoms with Crippen molar-refractivity contribution in [3.8, 4) is 5.75 Å². The zero-order valence-corrected chi connectivity index (χ0v) is 13.9. The molecule has 2 rings (SSSR count). The number of hydrogen-bond donors (Lipinski definition) is 0. The van der Waals surface area contributed by atoms with E-state index in [0.717, 1.165) is 31.4 Å². The van der Waals surface area contributed by atoms with Gasteiger partial charge in [0.15, 0.2) is 14.1 Å². The Bertz CT molecular complexity index is 485. The lowest BCUT2D eigenvalue weighted by Crippen LogP contribution is -2.46. The summed E-state index contributed by atoms with van der Waals surface area (Å²) in [6, 6.07) is 7.40. The van der Waals surface area contributed by atoms with Crippen molar-refractivity contribution in [2.45, 2.75) is 50.9 Å². The molecule has 0 atom stereocenters. The van der Waals surface area contributed by atoms with Gasteiger partial charge in [0, 0.05) is 5.56 Å².